The maximum Gasteiger partial charge on any atom is 0.245 e. The number of benzene rings is 2. The number of rotatable bonds is 6. The summed E-state index contributed by atoms with van der Waals surface area (Å²) in [6.45, 7) is 5.35. The predicted molar refractivity (Wildman–Crippen MR) is 114 cm³/mol. The molecule has 6 heteroatoms. The van der Waals surface area contributed by atoms with Gasteiger partial charge in [-0.25, -0.2) is 4.98 Å². The lowest BCUT2D eigenvalue weighted by molar-refractivity contribution is -0.132. The van der Waals surface area contributed by atoms with Gasteiger partial charge < -0.3 is 15.0 Å². The van der Waals surface area contributed by atoms with Gasteiger partial charge in [0.1, 0.15) is 11.8 Å². The Hall–Kier alpha value is -2.60. The molecule has 28 heavy (non-hydrogen) atoms. The Morgan fingerprint density at radius 3 is 2.82 bits per heavy atom. The highest BCUT2D eigenvalue weighted by atomic mass is 32.1. The summed E-state index contributed by atoms with van der Waals surface area (Å²) < 4.78 is 6.65. The molecule has 2 unspecified atom stereocenters. The molecular formula is C22H25N3O2S. The third kappa shape index (κ3) is 3.83. The summed E-state index contributed by atoms with van der Waals surface area (Å²) in [5.41, 5.74) is 2.13. The van der Waals surface area contributed by atoms with Gasteiger partial charge in [-0.15, -0.1) is 0 Å². The zero-order chi connectivity index (χ0) is 19.5. The van der Waals surface area contributed by atoms with Crippen LogP contribution in [0.2, 0.25) is 0 Å². The smallest absolute Gasteiger partial charge is 0.245 e. The molecule has 1 saturated heterocycles. The topological polar surface area (TPSA) is 54.5 Å². The van der Waals surface area contributed by atoms with Gasteiger partial charge in [-0.2, -0.15) is 0 Å². The van der Waals surface area contributed by atoms with E-state index in [0.717, 1.165) is 40.5 Å². The third-order valence-corrected chi connectivity index (χ3v) is 6.08. The van der Waals surface area contributed by atoms with Crippen LogP contribution in [0, 0.1) is 0 Å². The van der Waals surface area contributed by atoms with Crippen molar-refractivity contribution in [1.82, 2.24) is 9.88 Å². The number of carbonyl (C=O) groups excluding carboxylic acids is 1. The maximum atomic E-state index is 13.1. The minimum Gasteiger partial charge on any atom is -0.494 e. The van der Waals surface area contributed by atoms with Gasteiger partial charge in [-0.05, 0) is 56.5 Å². The van der Waals surface area contributed by atoms with Crippen LogP contribution in [0.4, 0.5) is 5.13 Å². The zero-order valence-electron chi connectivity index (χ0n) is 16.2. The minimum absolute atomic E-state index is 0.121. The van der Waals surface area contributed by atoms with Gasteiger partial charge >= 0.3 is 0 Å². The number of carbonyl (C=O) groups is 1. The van der Waals surface area contributed by atoms with Crippen molar-refractivity contribution in [2.75, 3.05) is 18.5 Å². The van der Waals surface area contributed by atoms with Gasteiger partial charge in [0.15, 0.2) is 5.13 Å². The van der Waals surface area contributed by atoms with Crippen LogP contribution in [0.3, 0.4) is 0 Å². The number of nitrogens with zero attached hydrogens (tertiary/aromatic N) is 2. The van der Waals surface area contributed by atoms with E-state index in [1.165, 1.54) is 5.56 Å². The van der Waals surface area contributed by atoms with E-state index >= 15 is 0 Å². The fourth-order valence-electron chi connectivity index (χ4n) is 3.76. The average molecular weight is 396 g/mol. The second kappa shape index (κ2) is 8.19. The second-order valence-corrected chi connectivity index (χ2v) is 8.08. The SMILES string of the molecule is CCOc1ccc(C2CCCN2C(=O)C(C)Nc2nc3ccccc3s2)cc1. The van der Waals surface area contributed by atoms with E-state index in [-0.39, 0.29) is 18.0 Å². The van der Waals surface area contributed by atoms with Crippen LogP contribution in [0.5, 0.6) is 5.75 Å². The molecule has 4 rings (SSSR count). The maximum absolute atomic E-state index is 13.1. The van der Waals surface area contributed by atoms with Crippen LogP contribution in [0.1, 0.15) is 38.3 Å². The molecule has 1 N–H and O–H groups in total. The number of aromatic nitrogens is 1. The molecule has 2 aromatic carbocycles. The summed E-state index contributed by atoms with van der Waals surface area (Å²) in [6.07, 6.45) is 2.02. The monoisotopic (exact) mass is 395 g/mol. The lowest BCUT2D eigenvalue weighted by Crippen LogP contribution is -2.41. The molecule has 0 radical (unpaired) electrons. The predicted octanol–water partition coefficient (Wildman–Crippen LogP) is 4.86. The number of nitrogens with one attached hydrogen (secondary N) is 1. The van der Waals surface area contributed by atoms with Crippen LogP contribution in [-0.2, 0) is 4.79 Å². The molecule has 0 spiro atoms. The quantitative estimate of drug-likeness (QED) is 0.648. The van der Waals surface area contributed by atoms with Gasteiger partial charge in [-0.3, -0.25) is 4.79 Å². The largest absolute Gasteiger partial charge is 0.494 e. The molecule has 1 aliphatic rings. The first-order chi connectivity index (χ1) is 13.7. The normalized spacial score (nSPS) is 17.6. The van der Waals surface area contributed by atoms with Crippen molar-refractivity contribution >= 4 is 32.6 Å². The Labute approximate surface area is 169 Å². The van der Waals surface area contributed by atoms with Crippen LogP contribution in [-0.4, -0.2) is 35.0 Å². The second-order valence-electron chi connectivity index (χ2n) is 7.04. The van der Waals surface area contributed by atoms with Crippen molar-refractivity contribution in [2.45, 2.75) is 38.8 Å². The number of hydrogen-bond acceptors (Lipinski definition) is 5. The fourth-order valence-corrected chi connectivity index (χ4v) is 4.71. The Kier molecular flexibility index (Phi) is 5.48. The summed E-state index contributed by atoms with van der Waals surface area (Å²) in [5.74, 6) is 0.989. The number of fused-ring (bicyclic) bond motifs is 1. The molecule has 3 aromatic rings. The van der Waals surface area contributed by atoms with Crippen LogP contribution in [0.25, 0.3) is 10.2 Å². The molecule has 1 aliphatic heterocycles. The highest BCUT2D eigenvalue weighted by molar-refractivity contribution is 7.22. The van der Waals surface area contributed by atoms with E-state index in [0.29, 0.717) is 6.61 Å². The summed E-state index contributed by atoms with van der Waals surface area (Å²) in [7, 11) is 0. The number of hydrogen-bond donors (Lipinski definition) is 1. The van der Waals surface area contributed by atoms with Crippen LogP contribution in [0.15, 0.2) is 48.5 Å². The molecule has 0 saturated carbocycles. The Bertz CT molecular complexity index is 921. The summed E-state index contributed by atoms with van der Waals surface area (Å²) >= 11 is 1.58. The third-order valence-electron chi connectivity index (χ3n) is 5.12. The Morgan fingerprint density at radius 1 is 1.29 bits per heavy atom. The van der Waals surface area contributed by atoms with E-state index in [1.54, 1.807) is 11.3 Å². The Balaban J connectivity index is 1.46. The number of thiazole rings is 1. The molecular weight excluding hydrogens is 370 g/mol. The van der Waals surface area contributed by atoms with Crippen molar-refractivity contribution in [3.63, 3.8) is 0 Å². The summed E-state index contributed by atoms with van der Waals surface area (Å²) in [5, 5.41) is 4.09. The number of amides is 1. The number of ether oxygens (including phenoxy) is 1. The fraction of sp³-hybridized carbons (Fsp3) is 0.364. The molecule has 5 nitrogen and oxygen atoms in total. The van der Waals surface area contributed by atoms with Crippen LogP contribution >= 0.6 is 11.3 Å². The molecule has 1 aromatic heterocycles. The lowest BCUT2D eigenvalue weighted by Gasteiger charge is -2.28. The van der Waals surface area contributed by atoms with E-state index in [4.69, 9.17) is 4.74 Å². The van der Waals surface area contributed by atoms with Crippen molar-refractivity contribution in [3.05, 3.63) is 54.1 Å². The van der Waals surface area contributed by atoms with Gasteiger partial charge in [0, 0.05) is 6.54 Å². The number of para-hydroxylation sites is 1. The highest BCUT2D eigenvalue weighted by Gasteiger charge is 2.32. The van der Waals surface area contributed by atoms with Crippen molar-refractivity contribution < 1.29 is 9.53 Å². The first-order valence-electron chi connectivity index (χ1n) is 9.81. The van der Waals surface area contributed by atoms with Crippen molar-refractivity contribution in [2.24, 2.45) is 0 Å². The van der Waals surface area contributed by atoms with E-state index in [9.17, 15) is 4.79 Å². The molecule has 1 fully saturated rings. The summed E-state index contributed by atoms with van der Waals surface area (Å²) in [4.78, 5) is 19.7. The van der Waals surface area contributed by atoms with Gasteiger partial charge in [0.25, 0.3) is 0 Å². The van der Waals surface area contributed by atoms with Crippen molar-refractivity contribution in [3.8, 4) is 5.75 Å². The number of anilines is 1. The van der Waals surface area contributed by atoms with Crippen molar-refractivity contribution in [1.29, 1.82) is 0 Å². The minimum atomic E-state index is -0.316. The zero-order valence-corrected chi connectivity index (χ0v) is 17.0. The first-order valence-corrected chi connectivity index (χ1v) is 10.6. The standard InChI is InChI=1S/C22H25N3O2S/c1-3-27-17-12-10-16(11-13-17)19-8-6-14-25(19)21(26)15(2)23-22-24-18-7-4-5-9-20(18)28-22/h4-5,7,9-13,15,19H,3,6,8,14H2,1-2H3,(H,23,24). The lowest BCUT2D eigenvalue weighted by atomic mass is 10.0. The first kappa shape index (κ1) is 18.7. The van der Waals surface area contributed by atoms with Crippen LogP contribution < -0.4 is 10.1 Å². The van der Waals surface area contributed by atoms with Gasteiger partial charge in [0.05, 0.1) is 22.9 Å². The molecule has 146 valence electrons. The molecule has 1 amide bonds. The number of likely N-dealkylation sites (tertiary alicyclic amines) is 1. The van der Waals surface area contributed by atoms with E-state index in [2.05, 4.69) is 22.4 Å². The molecule has 2 atom stereocenters. The molecule has 0 bridgehead atoms. The highest BCUT2D eigenvalue weighted by Crippen LogP contribution is 2.34. The average Bonchev–Trinajstić information content (AvgIpc) is 3.34. The van der Waals surface area contributed by atoms with E-state index in [1.807, 2.05) is 55.1 Å². The Morgan fingerprint density at radius 2 is 2.07 bits per heavy atom. The van der Waals surface area contributed by atoms with Gasteiger partial charge in [0.2, 0.25) is 5.91 Å². The molecule has 0 aliphatic carbocycles. The van der Waals surface area contributed by atoms with Gasteiger partial charge in [-0.1, -0.05) is 35.6 Å². The summed E-state index contributed by atoms with van der Waals surface area (Å²) in [6, 6.07) is 16.0. The molecule has 2 heterocycles. The van der Waals surface area contributed by atoms with E-state index < -0.39 is 0 Å².